The number of alkyl halides is 2. The van der Waals surface area contributed by atoms with E-state index in [1.54, 1.807) is 16.8 Å². The van der Waals surface area contributed by atoms with Crippen molar-refractivity contribution in [2.75, 3.05) is 36.9 Å². The fraction of sp³-hybridized carbons (Fsp3) is 0.450. The highest BCUT2D eigenvalue weighted by atomic mass is 32.2. The zero-order chi connectivity index (χ0) is 40.7. The number of ether oxygens (including phenoxy) is 1. The molecule has 302 valence electrons. The molecule has 9 rings (SSSR count). The van der Waals surface area contributed by atoms with E-state index in [0.29, 0.717) is 30.6 Å². The number of aromatic nitrogens is 6. The van der Waals surface area contributed by atoms with E-state index in [-0.39, 0.29) is 75.5 Å². The number of nitrogens with two attached hydrogens (primary N) is 1. The molecule has 0 radical (unpaired) electrons. The van der Waals surface area contributed by atoms with Gasteiger partial charge in [0.05, 0.1) is 22.0 Å². The molecule has 4 fully saturated rings. The van der Waals surface area contributed by atoms with Crippen molar-refractivity contribution in [3.8, 4) is 35.4 Å². The molecule has 1 amide bonds. The molecule has 5 aromatic rings. The van der Waals surface area contributed by atoms with Crippen molar-refractivity contribution < 1.29 is 32.2 Å². The molecule has 13 nitrogen and oxygen atoms in total. The number of hydrogen-bond acceptors (Lipinski definition) is 12. The van der Waals surface area contributed by atoms with E-state index in [9.17, 15) is 18.7 Å². The summed E-state index contributed by atoms with van der Waals surface area (Å²) in [7, 11) is 0. The number of anilines is 1. The monoisotopic (exact) mass is 816 g/mol. The summed E-state index contributed by atoms with van der Waals surface area (Å²) in [4.78, 5) is 35.2. The standard InChI is InChI=1S/C40H40F4N10O3S/c1-4-26-29(41)8-7-24-13-25(55)14-27(30(24)26)32-31(42)33-28(17-46-32)34(49-36(48-33)57-20-38-9-5-11-53(38)58-12-6-10-38)51-18-22(2)15-39(19-51)16-23(3)54(39)37(56)52-21-47-35(50-52)40(43,44)45/h1,7-8,13-14,17,21-23,55H,5-6,9-12,15-16,18-20,45H2,2-3H3. The number of likely N-dealkylation sites (tertiary alicyclic amines) is 1. The molecule has 18 heteroatoms. The van der Waals surface area contributed by atoms with Crippen molar-refractivity contribution in [1.29, 1.82) is 0 Å². The van der Waals surface area contributed by atoms with Crippen LogP contribution in [0.2, 0.25) is 0 Å². The third kappa shape index (κ3) is 6.25. The van der Waals surface area contributed by atoms with Gasteiger partial charge >= 0.3 is 18.1 Å². The quantitative estimate of drug-likeness (QED) is 0.0844. The number of aromatic hydroxyl groups is 1. The topological polar surface area (TPSA) is 152 Å². The van der Waals surface area contributed by atoms with E-state index in [2.05, 4.69) is 30.3 Å². The Bertz CT molecular complexity index is 2530. The molecule has 4 aliphatic rings. The van der Waals surface area contributed by atoms with Crippen LogP contribution in [0.5, 0.6) is 11.8 Å². The molecule has 1 spiro atoms. The number of pyridine rings is 1. The molecule has 4 saturated heterocycles. The van der Waals surface area contributed by atoms with Gasteiger partial charge in [-0.25, -0.2) is 22.9 Å². The van der Waals surface area contributed by atoms with Crippen LogP contribution in [0.25, 0.3) is 32.9 Å². The zero-order valence-electron chi connectivity index (χ0n) is 31.8. The van der Waals surface area contributed by atoms with Gasteiger partial charge in [-0.2, -0.15) is 23.4 Å². The van der Waals surface area contributed by atoms with Crippen molar-refractivity contribution >= 4 is 45.5 Å². The lowest BCUT2D eigenvalue weighted by Gasteiger charge is -2.61. The number of amides is 1. The molecule has 4 unspecified atom stereocenters. The van der Waals surface area contributed by atoms with Gasteiger partial charge in [0.2, 0.25) is 5.82 Å². The number of carbonyl (C=O) groups excluding carboxylic acids is 1. The van der Waals surface area contributed by atoms with E-state index in [0.717, 1.165) is 49.0 Å². The second kappa shape index (κ2) is 13.9. The third-order valence-corrected chi connectivity index (χ3v) is 13.3. The van der Waals surface area contributed by atoms with Crippen LogP contribution in [0.1, 0.15) is 63.8 Å². The molecule has 3 N–H and O–H groups in total. The maximum absolute atomic E-state index is 17.3. The van der Waals surface area contributed by atoms with E-state index in [4.69, 9.17) is 21.9 Å². The molecule has 4 atom stereocenters. The van der Waals surface area contributed by atoms with Gasteiger partial charge in [-0.1, -0.05) is 30.9 Å². The first kappa shape index (κ1) is 38.3. The largest absolute Gasteiger partial charge is 0.508 e. The van der Waals surface area contributed by atoms with Gasteiger partial charge in [-0.3, -0.25) is 10.7 Å². The van der Waals surface area contributed by atoms with Crippen molar-refractivity contribution in [3.63, 3.8) is 0 Å². The van der Waals surface area contributed by atoms with Gasteiger partial charge in [0.25, 0.3) is 0 Å². The van der Waals surface area contributed by atoms with Crippen LogP contribution < -0.4 is 15.4 Å². The van der Waals surface area contributed by atoms with Crippen LogP contribution >= 0.6 is 11.9 Å². The van der Waals surface area contributed by atoms with Crippen LogP contribution in [0.15, 0.2) is 36.8 Å². The molecular formula is C40H40F4N10O3S. The maximum Gasteiger partial charge on any atom is 0.362 e. The average molecular weight is 817 g/mol. The number of phenolic OH excluding ortho intramolecular Hbond substituents is 1. The molecule has 0 bridgehead atoms. The maximum atomic E-state index is 17.3. The molecule has 0 saturated carbocycles. The molecule has 4 aliphatic heterocycles. The van der Waals surface area contributed by atoms with E-state index < -0.39 is 35.1 Å². The van der Waals surface area contributed by atoms with Gasteiger partial charge in [0.15, 0.2) is 5.82 Å². The number of piperidine rings is 1. The van der Waals surface area contributed by atoms with Gasteiger partial charge in [-0.05, 0) is 75.0 Å². The summed E-state index contributed by atoms with van der Waals surface area (Å²) in [5, 5.41) is 15.3. The van der Waals surface area contributed by atoms with Crippen molar-refractivity contribution in [3.05, 3.63) is 59.8 Å². The minimum absolute atomic E-state index is 0.0105. The molecule has 58 heavy (non-hydrogen) atoms. The van der Waals surface area contributed by atoms with Crippen molar-refractivity contribution in [2.45, 2.75) is 75.5 Å². The number of nitrogens with zero attached hydrogens (tertiary/aromatic N) is 9. The first-order valence-corrected chi connectivity index (χ1v) is 20.1. The minimum Gasteiger partial charge on any atom is -0.508 e. The Labute approximate surface area is 335 Å². The summed E-state index contributed by atoms with van der Waals surface area (Å²) >= 11 is 1.81. The number of halogens is 4. The zero-order valence-corrected chi connectivity index (χ0v) is 32.6. The smallest absolute Gasteiger partial charge is 0.362 e. The normalized spacial score (nSPS) is 24.9. The summed E-state index contributed by atoms with van der Waals surface area (Å²) < 4.78 is 69.6. The molecule has 0 aliphatic carbocycles. The Hall–Kier alpha value is -5.25. The SMILES string of the molecule is C#Cc1c(F)ccc2cc(O)cc(-c3ncc4c(N5CC(C)CC6(CC(C)N6C(=O)n6cnc(C(N)(F)F)n6)C5)nc(OCC56CCCSN5CCC6)nc4c3F)c12. The van der Waals surface area contributed by atoms with E-state index in [1.165, 1.54) is 30.5 Å². The van der Waals surface area contributed by atoms with Crippen LogP contribution in [-0.2, 0) is 6.05 Å². The number of phenols is 1. The highest BCUT2D eigenvalue weighted by Crippen LogP contribution is 2.48. The Morgan fingerprint density at radius 3 is 2.72 bits per heavy atom. The lowest BCUT2D eigenvalue weighted by Crippen LogP contribution is -2.74. The average Bonchev–Trinajstić information content (AvgIpc) is 3.86. The van der Waals surface area contributed by atoms with Crippen LogP contribution in [-0.4, -0.2) is 99.2 Å². The number of benzene rings is 2. The second-order valence-electron chi connectivity index (χ2n) is 16.1. The Kier molecular flexibility index (Phi) is 9.21. The van der Waals surface area contributed by atoms with E-state index >= 15 is 8.78 Å². The van der Waals surface area contributed by atoms with Crippen molar-refractivity contribution in [2.24, 2.45) is 11.7 Å². The minimum atomic E-state index is -3.82. The summed E-state index contributed by atoms with van der Waals surface area (Å²) in [5.41, 5.74) is 3.58. The lowest BCUT2D eigenvalue weighted by molar-refractivity contribution is -0.0448. The highest BCUT2D eigenvalue weighted by molar-refractivity contribution is 7.97. The third-order valence-electron chi connectivity index (χ3n) is 12.0. The fourth-order valence-electron chi connectivity index (χ4n) is 9.79. The number of carbonyl (C=O) groups is 1. The predicted octanol–water partition coefficient (Wildman–Crippen LogP) is 6.41. The Morgan fingerprint density at radius 1 is 1.16 bits per heavy atom. The van der Waals surface area contributed by atoms with Crippen LogP contribution in [0.4, 0.5) is 28.2 Å². The van der Waals surface area contributed by atoms with Gasteiger partial charge in [0, 0.05) is 48.6 Å². The van der Waals surface area contributed by atoms with E-state index in [1.807, 2.05) is 18.7 Å². The molecule has 7 heterocycles. The van der Waals surface area contributed by atoms with Crippen LogP contribution in [0, 0.1) is 29.9 Å². The first-order chi connectivity index (χ1) is 27.7. The predicted molar refractivity (Wildman–Crippen MR) is 209 cm³/mol. The summed E-state index contributed by atoms with van der Waals surface area (Å²) in [6.45, 7) is 5.85. The molecule has 3 aromatic heterocycles. The van der Waals surface area contributed by atoms with Gasteiger partial charge in [-0.15, -0.1) is 11.5 Å². The van der Waals surface area contributed by atoms with Gasteiger partial charge in [0.1, 0.15) is 41.5 Å². The first-order valence-electron chi connectivity index (χ1n) is 19.2. The van der Waals surface area contributed by atoms with Gasteiger partial charge < -0.3 is 19.6 Å². The number of rotatable bonds is 6. The second-order valence-corrected chi connectivity index (χ2v) is 17.2. The Balaban J connectivity index is 1.15. The number of hydrogen-bond donors (Lipinski definition) is 2. The highest BCUT2D eigenvalue weighted by Gasteiger charge is 2.56. The summed E-state index contributed by atoms with van der Waals surface area (Å²) in [6, 6.07) is 0.588. The summed E-state index contributed by atoms with van der Waals surface area (Å²) in [5.74, 6) is 1.01. The number of fused-ring (bicyclic) bond motifs is 3. The number of terminal acetylenes is 1. The molecular weight excluding hydrogens is 777 g/mol. The summed E-state index contributed by atoms with van der Waals surface area (Å²) in [6.07, 6.45) is 13.2. The van der Waals surface area contributed by atoms with Crippen LogP contribution in [0.3, 0.4) is 0 Å². The lowest BCUT2D eigenvalue weighted by atomic mass is 9.71. The molecule has 2 aromatic carbocycles. The Morgan fingerprint density at radius 2 is 1.97 bits per heavy atom. The van der Waals surface area contributed by atoms with Crippen molar-refractivity contribution in [1.82, 2.24) is 38.9 Å². The fourth-order valence-corrected chi connectivity index (χ4v) is 11.0.